The van der Waals surface area contributed by atoms with Crippen LogP contribution in [0.15, 0.2) is 35.0 Å². The Morgan fingerprint density at radius 2 is 2.26 bits per heavy atom. The molecule has 0 saturated heterocycles. The van der Waals surface area contributed by atoms with E-state index >= 15 is 0 Å². The van der Waals surface area contributed by atoms with E-state index in [-0.39, 0.29) is 11.7 Å². The Labute approximate surface area is 135 Å². The molecule has 6 heteroatoms. The molecule has 6 nitrogen and oxygen atoms in total. The van der Waals surface area contributed by atoms with Crippen molar-refractivity contribution < 1.29 is 14.3 Å². The first-order chi connectivity index (χ1) is 10.9. The maximum Gasteiger partial charge on any atom is 0.289 e. The summed E-state index contributed by atoms with van der Waals surface area (Å²) in [7, 11) is 0. The van der Waals surface area contributed by atoms with E-state index < -0.39 is 5.60 Å². The molecule has 23 heavy (non-hydrogen) atoms. The van der Waals surface area contributed by atoms with Gasteiger partial charge < -0.3 is 14.4 Å². The van der Waals surface area contributed by atoms with Crippen molar-refractivity contribution in [1.82, 2.24) is 14.7 Å². The van der Waals surface area contributed by atoms with Gasteiger partial charge in [0.15, 0.2) is 11.5 Å². The average Bonchev–Trinajstić information content (AvgIpc) is 3.16. The minimum atomic E-state index is -1.10. The number of aromatic nitrogens is 2. The Kier molecular flexibility index (Phi) is 5.24. The number of amides is 1. The Bertz CT molecular complexity index is 700. The van der Waals surface area contributed by atoms with E-state index in [9.17, 15) is 9.90 Å². The first-order valence-corrected chi connectivity index (χ1v) is 7.51. The lowest BCUT2D eigenvalue weighted by Crippen LogP contribution is -2.33. The Balaban J connectivity index is 2.02. The average molecular weight is 315 g/mol. The Morgan fingerprint density at radius 3 is 2.87 bits per heavy atom. The quantitative estimate of drug-likeness (QED) is 0.854. The van der Waals surface area contributed by atoms with E-state index in [0.29, 0.717) is 25.4 Å². The van der Waals surface area contributed by atoms with E-state index in [1.807, 2.05) is 19.2 Å². The van der Waals surface area contributed by atoms with Crippen LogP contribution in [0.25, 0.3) is 0 Å². The lowest BCUT2D eigenvalue weighted by Gasteiger charge is -2.19. The van der Waals surface area contributed by atoms with Crippen LogP contribution in [0.2, 0.25) is 0 Å². The van der Waals surface area contributed by atoms with Gasteiger partial charge in [0, 0.05) is 25.5 Å². The standard InChI is InChI=1S/C17H21N3O3/c1-4-19(12-13-20-11-5-10-18-20)16(21)15-7-6-14(23-15)8-9-17(2,3)22/h5-7,10-11,22H,4,12-13H2,1-3H3. The van der Waals surface area contributed by atoms with E-state index in [4.69, 9.17) is 4.42 Å². The highest BCUT2D eigenvalue weighted by Gasteiger charge is 2.18. The van der Waals surface area contributed by atoms with Gasteiger partial charge in [-0.3, -0.25) is 9.48 Å². The van der Waals surface area contributed by atoms with Crippen LogP contribution in [0.4, 0.5) is 0 Å². The first kappa shape index (κ1) is 16.8. The van der Waals surface area contributed by atoms with E-state index in [1.54, 1.807) is 41.8 Å². The number of likely N-dealkylation sites (N-methyl/N-ethyl adjacent to an activating group) is 1. The fourth-order valence-electron chi connectivity index (χ4n) is 1.95. The lowest BCUT2D eigenvalue weighted by atomic mass is 10.1. The fraction of sp³-hybridized carbons (Fsp3) is 0.412. The van der Waals surface area contributed by atoms with Crippen LogP contribution in [0.1, 0.15) is 37.1 Å². The minimum Gasteiger partial charge on any atom is -0.443 e. The van der Waals surface area contributed by atoms with Gasteiger partial charge >= 0.3 is 0 Å². The van der Waals surface area contributed by atoms with Crippen molar-refractivity contribution in [2.24, 2.45) is 0 Å². The molecule has 0 saturated carbocycles. The Hall–Kier alpha value is -2.52. The van der Waals surface area contributed by atoms with Gasteiger partial charge in [-0.15, -0.1) is 0 Å². The van der Waals surface area contributed by atoms with Gasteiger partial charge in [-0.1, -0.05) is 5.92 Å². The molecule has 0 radical (unpaired) electrons. The van der Waals surface area contributed by atoms with Crippen LogP contribution in [-0.2, 0) is 6.54 Å². The molecule has 122 valence electrons. The number of nitrogens with zero attached hydrogens (tertiary/aromatic N) is 3. The van der Waals surface area contributed by atoms with Crippen molar-refractivity contribution in [1.29, 1.82) is 0 Å². The van der Waals surface area contributed by atoms with Crippen molar-refractivity contribution in [2.75, 3.05) is 13.1 Å². The summed E-state index contributed by atoms with van der Waals surface area (Å²) in [6, 6.07) is 5.08. The molecule has 0 atom stereocenters. The molecule has 0 unspecified atom stereocenters. The molecular weight excluding hydrogens is 294 g/mol. The largest absolute Gasteiger partial charge is 0.443 e. The maximum absolute atomic E-state index is 12.5. The van der Waals surface area contributed by atoms with Crippen LogP contribution in [0.3, 0.4) is 0 Å². The molecule has 1 N–H and O–H groups in total. The molecule has 0 aliphatic carbocycles. The van der Waals surface area contributed by atoms with Crippen LogP contribution in [0, 0.1) is 11.8 Å². The first-order valence-electron chi connectivity index (χ1n) is 7.51. The van der Waals surface area contributed by atoms with Gasteiger partial charge in [-0.05, 0) is 44.9 Å². The summed E-state index contributed by atoms with van der Waals surface area (Å²) in [4.78, 5) is 14.1. The molecule has 0 aliphatic heterocycles. The molecule has 0 bridgehead atoms. The van der Waals surface area contributed by atoms with Crippen LogP contribution in [-0.4, -0.2) is 44.4 Å². The van der Waals surface area contributed by atoms with Crippen LogP contribution >= 0.6 is 0 Å². The number of hydrogen-bond acceptors (Lipinski definition) is 4. The topological polar surface area (TPSA) is 71.5 Å². The van der Waals surface area contributed by atoms with E-state index in [1.165, 1.54) is 0 Å². The van der Waals surface area contributed by atoms with Crippen molar-refractivity contribution in [3.63, 3.8) is 0 Å². The fourth-order valence-corrected chi connectivity index (χ4v) is 1.95. The van der Waals surface area contributed by atoms with Gasteiger partial charge in [0.05, 0.1) is 6.54 Å². The molecule has 1 amide bonds. The molecular formula is C17H21N3O3. The number of carbonyl (C=O) groups excluding carboxylic acids is 1. The predicted octanol–water partition coefficient (Wildman–Crippen LogP) is 1.76. The molecule has 0 aliphatic rings. The highest BCUT2D eigenvalue weighted by Crippen LogP contribution is 2.11. The molecule has 0 fully saturated rings. The van der Waals surface area contributed by atoms with Gasteiger partial charge in [0.1, 0.15) is 5.60 Å². The molecule has 0 aromatic carbocycles. The smallest absolute Gasteiger partial charge is 0.289 e. The monoisotopic (exact) mass is 315 g/mol. The van der Waals surface area contributed by atoms with E-state index in [2.05, 4.69) is 16.9 Å². The van der Waals surface area contributed by atoms with Crippen LogP contribution < -0.4 is 0 Å². The maximum atomic E-state index is 12.5. The van der Waals surface area contributed by atoms with Gasteiger partial charge in [-0.25, -0.2) is 0 Å². The summed E-state index contributed by atoms with van der Waals surface area (Å²) in [5.74, 6) is 5.79. The third-order valence-electron chi connectivity index (χ3n) is 3.14. The number of carbonyl (C=O) groups is 1. The van der Waals surface area contributed by atoms with Gasteiger partial charge in [0.25, 0.3) is 5.91 Å². The number of furan rings is 1. The Morgan fingerprint density at radius 1 is 1.48 bits per heavy atom. The zero-order chi connectivity index (χ0) is 16.9. The summed E-state index contributed by atoms with van der Waals surface area (Å²) >= 11 is 0. The zero-order valence-corrected chi connectivity index (χ0v) is 13.6. The SMILES string of the molecule is CCN(CCn1cccn1)C(=O)c1ccc(C#CC(C)(C)O)o1. The lowest BCUT2D eigenvalue weighted by molar-refractivity contribution is 0.0725. The molecule has 0 spiro atoms. The molecule has 2 aromatic heterocycles. The normalized spacial score (nSPS) is 11.0. The third kappa shape index (κ3) is 5.01. The van der Waals surface area contributed by atoms with Crippen molar-refractivity contribution >= 4 is 5.91 Å². The van der Waals surface area contributed by atoms with Crippen molar-refractivity contribution in [2.45, 2.75) is 32.9 Å². The van der Waals surface area contributed by atoms with Gasteiger partial charge in [0.2, 0.25) is 0 Å². The highest BCUT2D eigenvalue weighted by atomic mass is 16.4. The summed E-state index contributed by atoms with van der Waals surface area (Å²) in [6.07, 6.45) is 3.56. The summed E-state index contributed by atoms with van der Waals surface area (Å²) in [6.45, 7) is 6.83. The summed E-state index contributed by atoms with van der Waals surface area (Å²) < 4.78 is 7.24. The second-order valence-electron chi connectivity index (χ2n) is 5.63. The molecule has 2 aromatic rings. The number of rotatable bonds is 5. The van der Waals surface area contributed by atoms with Crippen molar-refractivity contribution in [3.05, 3.63) is 42.1 Å². The third-order valence-corrected chi connectivity index (χ3v) is 3.14. The molecule has 2 rings (SSSR count). The summed E-state index contributed by atoms with van der Waals surface area (Å²) in [5.41, 5.74) is -1.10. The second-order valence-corrected chi connectivity index (χ2v) is 5.63. The zero-order valence-electron chi connectivity index (χ0n) is 13.6. The minimum absolute atomic E-state index is 0.184. The van der Waals surface area contributed by atoms with Crippen LogP contribution in [0.5, 0.6) is 0 Å². The van der Waals surface area contributed by atoms with E-state index in [0.717, 1.165) is 0 Å². The molecule has 2 heterocycles. The van der Waals surface area contributed by atoms with Crippen molar-refractivity contribution in [3.8, 4) is 11.8 Å². The summed E-state index contributed by atoms with van der Waals surface area (Å²) in [5, 5.41) is 13.7. The predicted molar refractivity (Wildman–Crippen MR) is 85.7 cm³/mol. The second kappa shape index (κ2) is 7.16. The van der Waals surface area contributed by atoms with Gasteiger partial charge in [-0.2, -0.15) is 5.10 Å². The number of hydrogen-bond donors (Lipinski definition) is 1. The highest BCUT2D eigenvalue weighted by molar-refractivity contribution is 5.91. The number of aliphatic hydroxyl groups is 1.